The number of benzene rings is 3. The van der Waals surface area contributed by atoms with Crippen LogP contribution < -0.4 is 10.1 Å². The van der Waals surface area contributed by atoms with Gasteiger partial charge in [-0.05, 0) is 72.6 Å². The molecule has 0 bridgehead atoms. The van der Waals surface area contributed by atoms with Crippen molar-refractivity contribution in [2.45, 2.75) is 33.3 Å². The molecule has 6 nitrogen and oxygen atoms in total. The molecular weight excluding hydrogens is 448 g/mol. The van der Waals surface area contributed by atoms with E-state index < -0.39 is 17.1 Å². The molecule has 0 saturated carbocycles. The van der Waals surface area contributed by atoms with Gasteiger partial charge in [0.15, 0.2) is 0 Å². The van der Waals surface area contributed by atoms with Gasteiger partial charge in [-0.15, -0.1) is 0 Å². The summed E-state index contributed by atoms with van der Waals surface area (Å²) in [4.78, 5) is 39.4. The molecule has 1 N–H and O–H groups in total. The van der Waals surface area contributed by atoms with Crippen molar-refractivity contribution in [1.29, 1.82) is 0 Å². The van der Waals surface area contributed by atoms with E-state index in [2.05, 4.69) is 12.2 Å². The van der Waals surface area contributed by atoms with Crippen molar-refractivity contribution >= 4 is 51.4 Å². The molecule has 0 spiro atoms. The highest BCUT2D eigenvalue weighted by Crippen LogP contribution is 2.37. The summed E-state index contributed by atoms with van der Waals surface area (Å²) < 4.78 is 5.97. The number of nitrogens with zero attached hydrogens (tertiary/aromatic N) is 1. The first kappa shape index (κ1) is 23.6. The zero-order valence-electron chi connectivity index (χ0n) is 19.3. The highest BCUT2D eigenvalue weighted by molar-refractivity contribution is 8.18. The van der Waals surface area contributed by atoms with Crippen molar-refractivity contribution < 1.29 is 19.1 Å². The van der Waals surface area contributed by atoms with E-state index in [-0.39, 0.29) is 17.6 Å². The number of carbonyl (C=O) groups excluding carboxylic acids is 3. The fraction of sp³-hybridized carbons (Fsp3) is 0.222. The predicted octanol–water partition coefficient (Wildman–Crippen LogP) is 5.86. The lowest BCUT2D eigenvalue weighted by molar-refractivity contribution is -0.127. The lowest BCUT2D eigenvalue weighted by Crippen LogP contribution is -2.36. The molecule has 3 amide bonds. The third kappa shape index (κ3) is 5.15. The van der Waals surface area contributed by atoms with Gasteiger partial charge in [-0.3, -0.25) is 19.3 Å². The van der Waals surface area contributed by atoms with Crippen LogP contribution in [-0.2, 0) is 16.0 Å². The number of thioether (sulfide) groups is 1. The van der Waals surface area contributed by atoms with Crippen LogP contribution in [0.1, 0.15) is 31.9 Å². The van der Waals surface area contributed by atoms with Gasteiger partial charge in [-0.2, -0.15) is 0 Å². The molecule has 1 aliphatic heterocycles. The van der Waals surface area contributed by atoms with Crippen molar-refractivity contribution in [3.05, 3.63) is 76.7 Å². The van der Waals surface area contributed by atoms with E-state index >= 15 is 0 Å². The quantitative estimate of drug-likeness (QED) is 0.434. The largest absolute Gasteiger partial charge is 0.490 e. The van der Waals surface area contributed by atoms with Gasteiger partial charge < -0.3 is 10.1 Å². The zero-order valence-corrected chi connectivity index (χ0v) is 20.1. The average molecular weight is 475 g/mol. The Morgan fingerprint density at radius 3 is 2.50 bits per heavy atom. The summed E-state index contributed by atoms with van der Waals surface area (Å²) in [7, 11) is 0. The van der Waals surface area contributed by atoms with E-state index in [1.165, 1.54) is 0 Å². The number of aryl methyl sites for hydroxylation is 1. The molecule has 0 radical (unpaired) electrons. The minimum Gasteiger partial charge on any atom is -0.490 e. The molecule has 1 heterocycles. The molecule has 3 aromatic carbocycles. The summed E-state index contributed by atoms with van der Waals surface area (Å²) in [6, 6.07) is 19.1. The Morgan fingerprint density at radius 1 is 1.06 bits per heavy atom. The number of fused-ring (bicyclic) bond motifs is 1. The first-order valence-corrected chi connectivity index (χ1v) is 12.0. The minimum atomic E-state index is -0.491. The Balaban J connectivity index is 1.57. The van der Waals surface area contributed by atoms with Crippen LogP contribution in [0.3, 0.4) is 0 Å². The number of imide groups is 1. The molecule has 1 fully saturated rings. The molecule has 4 rings (SSSR count). The monoisotopic (exact) mass is 474 g/mol. The second-order valence-electron chi connectivity index (χ2n) is 8.23. The van der Waals surface area contributed by atoms with Gasteiger partial charge in [0.05, 0.1) is 11.0 Å². The molecule has 0 atom stereocenters. The van der Waals surface area contributed by atoms with Crippen molar-refractivity contribution in [2.24, 2.45) is 0 Å². The van der Waals surface area contributed by atoms with Crippen LogP contribution in [0.15, 0.2) is 65.6 Å². The summed E-state index contributed by atoms with van der Waals surface area (Å²) in [6.45, 7) is 5.57. The van der Waals surface area contributed by atoms with E-state index in [0.29, 0.717) is 11.4 Å². The topological polar surface area (TPSA) is 75.7 Å². The highest BCUT2D eigenvalue weighted by atomic mass is 32.2. The predicted molar refractivity (Wildman–Crippen MR) is 137 cm³/mol. The Labute approximate surface area is 203 Å². The standard InChI is InChI=1S/C27H26N2O4S/c1-4-18-9-12-20(13-10-18)28-25(30)16-29-26(31)24(34-27(29)32)15-22-21-8-6-5-7-19(21)11-14-23(22)33-17(2)3/h5-15,17H,4,16H2,1-3H3,(H,28,30)/b24-15-. The average Bonchev–Trinajstić information content (AvgIpc) is 3.08. The third-order valence-corrected chi connectivity index (χ3v) is 6.30. The van der Waals surface area contributed by atoms with Crippen LogP contribution in [-0.4, -0.2) is 34.6 Å². The van der Waals surface area contributed by atoms with Crippen molar-refractivity contribution in [3.8, 4) is 5.75 Å². The first-order chi connectivity index (χ1) is 16.4. The Bertz CT molecular complexity index is 1280. The maximum Gasteiger partial charge on any atom is 0.294 e. The van der Waals surface area contributed by atoms with Gasteiger partial charge in [0.2, 0.25) is 5.91 Å². The van der Waals surface area contributed by atoms with Crippen LogP contribution in [0.4, 0.5) is 10.5 Å². The third-order valence-electron chi connectivity index (χ3n) is 5.39. The Kier molecular flexibility index (Phi) is 7.03. The summed E-state index contributed by atoms with van der Waals surface area (Å²) in [5.74, 6) is -0.287. The first-order valence-electron chi connectivity index (χ1n) is 11.2. The number of carbonyl (C=O) groups is 3. The maximum atomic E-state index is 13.1. The van der Waals surface area contributed by atoms with E-state index in [9.17, 15) is 14.4 Å². The zero-order chi connectivity index (χ0) is 24.2. The van der Waals surface area contributed by atoms with Crippen LogP contribution in [0.5, 0.6) is 5.75 Å². The molecule has 3 aromatic rings. The SMILES string of the molecule is CCc1ccc(NC(=O)CN2C(=O)S/C(=C\c3c(OC(C)C)ccc4ccccc34)C2=O)cc1. The van der Waals surface area contributed by atoms with Crippen molar-refractivity contribution in [1.82, 2.24) is 4.90 Å². The Hall–Kier alpha value is -3.58. The fourth-order valence-electron chi connectivity index (χ4n) is 3.72. The lowest BCUT2D eigenvalue weighted by atomic mass is 10.0. The van der Waals surface area contributed by atoms with Crippen molar-refractivity contribution in [3.63, 3.8) is 0 Å². The number of rotatable bonds is 7. The van der Waals surface area contributed by atoms with Gasteiger partial charge in [-0.25, -0.2) is 0 Å². The number of hydrogen-bond donors (Lipinski definition) is 1. The number of hydrogen-bond acceptors (Lipinski definition) is 5. The van der Waals surface area contributed by atoms with Gasteiger partial charge in [0, 0.05) is 11.3 Å². The molecule has 34 heavy (non-hydrogen) atoms. The smallest absolute Gasteiger partial charge is 0.294 e. The number of ether oxygens (including phenoxy) is 1. The molecule has 0 unspecified atom stereocenters. The van der Waals surface area contributed by atoms with Gasteiger partial charge >= 0.3 is 0 Å². The summed E-state index contributed by atoms with van der Waals surface area (Å²) in [5, 5.41) is 4.19. The minimum absolute atomic E-state index is 0.0570. The van der Waals surface area contributed by atoms with E-state index in [4.69, 9.17) is 4.74 Å². The van der Waals surface area contributed by atoms with Crippen molar-refractivity contribution in [2.75, 3.05) is 11.9 Å². The normalized spacial score (nSPS) is 14.9. The van der Waals surface area contributed by atoms with Gasteiger partial charge in [0.25, 0.3) is 11.1 Å². The lowest BCUT2D eigenvalue weighted by Gasteiger charge is -2.15. The molecule has 1 saturated heterocycles. The van der Waals surface area contributed by atoms with Crippen LogP contribution in [0, 0.1) is 0 Å². The molecule has 0 aromatic heterocycles. The second kappa shape index (κ2) is 10.1. The van der Waals surface area contributed by atoms with Crippen LogP contribution >= 0.6 is 11.8 Å². The van der Waals surface area contributed by atoms with E-state index in [0.717, 1.165) is 45.0 Å². The Morgan fingerprint density at radius 2 is 1.79 bits per heavy atom. The van der Waals surface area contributed by atoms with E-state index in [1.807, 2.05) is 62.4 Å². The van der Waals surface area contributed by atoms with Crippen LogP contribution in [0.2, 0.25) is 0 Å². The molecule has 1 aliphatic rings. The number of nitrogens with one attached hydrogen (secondary N) is 1. The second-order valence-corrected chi connectivity index (χ2v) is 9.22. The molecule has 7 heteroatoms. The van der Waals surface area contributed by atoms with E-state index in [1.54, 1.807) is 18.2 Å². The summed E-state index contributed by atoms with van der Waals surface area (Å²) >= 11 is 0.829. The summed E-state index contributed by atoms with van der Waals surface area (Å²) in [5.41, 5.74) is 2.51. The molecule has 174 valence electrons. The maximum absolute atomic E-state index is 13.1. The number of anilines is 1. The molecule has 0 aliphatic carbocycles. The van der Waals surface area contributed by atoms with Gasteiger partial charge in [-0.1, -0.05) is 49.4 Å². The van der Waals surface area contributed by atoms with Crippen LogP contribution in [0.25, 0.3) is 16.8 Å². The highest BCUT2D eigenvalue weighted by Gasteiger charge is 2.36. The number of amides is 3. The van der Waals surface area contributed by atoms with Gasteiger partial charge in [0.1, 0.15) is 12.3 Å². The molecular formula is C27H26N2O4S. The fourth-order valence-corrected chi connectivity index (χ4v) is 4.54. The summed E-state index contributed by atoms with van der Waals surface area (Å²) in [6.07, 6.45) is 2.53.